The van der Waals surface area contributed by atoms with Crippen molar-refractivity contribution in [3.8, 4) is 0 Å². The predicted octanol–water partition coefficient (Wildman–Crippen LogP) is 2.22. The number of halogens is 4. The Morgan fingerprint density at radius 2 is 2.00 bits per heavy atom. The van der Waals surface area contributed by atoms with Crippen molar-refractivity contribution in [1.82, 2.24) is 10.2 Å². The van der Waals surface area contributed by atoms with Gasteiger partial charge in [-0.05, 0) is 13.0 Å². The summed E-state index contributed by atoms with van der Waals surface area (Å²) >= 11 is 11.1. The van der Waals surface area contributed by atoms with Gasteiger partial charge in [0.1, 0.15) is 5.54 Å². The molecule has 1 aromatic rings. The zero-order valence-corrected chi connectivity index (χ0v) is 8.65. The summed E-state index contributed by atoms with van der Waals surface area (Å²) in [6.45, 7) is 1.15. The first-order valence-corrected chi connectivity index (χ1v) is 4.37. The molecule has 0 aromatic carbocycles. The van der Waals surface area contributed by atoms with E-state index in [9.17, 15) is 8.78 Å². The van der Waals surface area contributed by atoms with E-state index in [2.05, 4.69) is 10.2 Å². The number of hydrogen-bond acceptors (Lipinski definition) is 3. The van der Waals surface area contributed by atoms with Crippen molar-refractivity contribution >= 4 is 23.2 Å². The lowest BCUT2D eigenvalue weighted by molar-refractivity contribution is 0.0623. The highest BCUT2D eigenvalue weighted by molar-refractivity contribution is 6.31. The lowest BCUT2D eigenvalue weighted by Crippen LogP contribution is -2.41. The minimum atomic E-state index is -2.76. The van der Waals surface area contributed by atoms with Crippen LogP contribution in [-0.2, 0) is 5.54 Å². The van der Waals surface area contributed by atoms with E-state index in [-0.39, 0.29) is 15.9 Å². The Labute approximate surface area is 89.2 Å². The summed E-state index contributed by atoms with van der Waals surface area (Å²) in [5.74, 6) is 0. The van der Waals surface area contributed by atoms with Crippen LogP contribution in [0.4, 0.5) is 8.78 Å². The summed E-state index contributed by atoms with van der Waals surface area (Å²) < 4.78 is 25.1. The predicted molar refractivity (Wildman–Crippen MR) is 49.6 cm³/mol. The third-order valence-corrected chi connectivity index (χ3v) is 2.22. The first-order valence-electron chi connectivity index (χ1n) is 3.62. The van der Waals surface area contributed by atoms with Gasteiger partial charge in [-0.2, -0.15) is 0 Å². The van der Waals surface area contributed by atoms with Crippen molar-refractivity contribution in [2.24, 2.45) is 5.73 Å². The smallest absolute Gasteiger partial charge is 0.260 e. The van der Waals surface area contributed by atoms with Gasteiger partial charge in [0.25, 0.3) is 6.43 Å². The molecule has 0 saturated carbocycles. The Bertz CT molecular complexity index is 344. The lowest BCUT2D eigenvalue weighted by Gasteiger charge is -2.24. The second-order valence-electron chi connectivity index (χ2n) is 2.95. The summed E-state index contributed by atoms with van der Waals surface area (Å²) in [7, 11) is 0. The Hall–Kier alpha value is -0.520. The molecule has 1 aromatic heterocycles. The molecular weight excluding hydrogens is 235 g/mol. The molecule has 78 valence electrons. The van der Waals surface area contributed by atoms with E-state index in [0.29, 0.717) is 0 Å². The molecule has 0 radical (unpaired) electrons. The highest BCUT2D eigenvalue weighted by Gasteiger charge is 2.35. The topological polar surface area (TPSA) is 51.8 Å². The van der Waals surface area contributed by atoms with E-state index < -0.39 is 12.0 Å². The number of nitrogens with zero attached hydrogens (tertiary/aromatic N) is 2. The average molecular weight is 242 g/mol. The van der Waals surface area contributed by atoms with Crippen molar-refractivity contribution in [2.75, 3.05) is 0 Å². The molecule has 3 nitrogen and oxygen atoms in total. The van der Waals surface area contributed by atoms with Crippen LogP contribution in [0.1, 0.15) is 12.5 Å². The minimum Gasteiger partial charge on any atom is -0.317 e. The van der Waals surface area contributed by atoms with Crippen LogP contribution >= 0.6 is 23.2 Å². The van der Waals surface area contributed by atoms with Gasteiger partial charge in [0.15, 0.2) is 10.3 Å². The highest BCUT2D eigenvalue weighted by Crippen LogP contribution is 2.30. The van der Waals surface area contributed by atoms with Crippen LogP contribution in [0, 0.1) is 0 Å². The molecule has 2 N–H and O–H groups in total. The van der Waals surface area contributed by atoms with Gasteiger partial charge in [-0.3, -0.25) is 0 Å². The van der Waals surface area contributed by atoms with Gasteiger partial charge in [0.2, 0.25) is 0 Å². The molecule has 0 bridgehead atoms. The minimum absolute atomic E-state index is 0.0193. The first-order chi connectivity index (χ1) is 6.35. The largest absolute Gasteiger partial charge is 0.317 e. The molecular formula is C7H7Cl2F2N3. The van der Waals surface area contributed by atoms with Crippen LogP contribution in [0.25, 0.3) is 0 Å². The van der Waals surface area contributed by atoms with Crippen molar-refractivity contribution in [1.29, 1.82) is 0 Å². The third-order valence-electron chi connectivity index (χ3n) is 1.75. The quantitative estimate of drug-likeness (QED) is 0.864. The molecule has 1 rings (SSSR count). The summed E-state index contributed by atoms with van der Waals surface area (Å²) in [5.41, 5.74) is 3.49. The second kappa shape index (κ2) is 3.92. The molecule has 0 saturated heterocycles. The Morgan fingerprint density at radius 1 is 1.43 bits per heavy atom. The van der Waals surface area contributed by atoms with E-state index in [1.165, 1.54) is 6.07 Å². The van der Waals surface area contributed by atoms with Crippen molar-refractivity contribution in [3.63, 3.8) is 0 Å². The SMILES string of the molecule is CC(N)(c1cc(Cl)nnc1Cl)C(F)F. The molecule has 1 unspecified atom stereocenters. The summed E-state index contributed by atoms with van der Waals surface area (Å²) in [6, 6.07) is 1.18. The third kappa shape index (κ3) is 2.10. The van der Waals surface area contributed by atoms with Gasteiger partial charge in [0, 0.05) is 5.56 Å². The molecule has 0 aliphatic carbocycles. The molecule has 7 heteroatoms. The fraction of sp³-hybridized carbons (Fsp3) is 0.429. The van der Waals surface area contributed by atoms with Gasteiger partial charge in [-0.15, -0.1) is 10.2 Å². The molecule has 1 atom stereocenters. The molecule has 0 fully saturated rings. The van der Waals surface area contributed by atoms with E-state index in [0.717, 1.165) is 6.92 Å². The lowest BCUT2D eigenvalue weighted by atomic mass is 9.96. The number of nitrogens with two attached hydrogens (primary N) is 1. The molecule has 14 heavy (non-hydrogen) atoms. The van der Waals surface area contributed by atoms with Crippen LogP contribution in [-0.4, -0.2) is 16.6 Å². The van der Waals surface area contributed by atoms with Crippen LogP contribution in [0.3, 0.4) is 0 Å². The van der Waals surface area contributed by atoms with Crippen molar-refractivity contribution in [3.05, 3.63) is 21.9 Å². The zero-order valence-electron chi connectivity index (χ0n) is 7.14. The van der Waals surface area contributed by atoms with Gasteiger partial charge in [-0.25, -0.2) is 8.78 Å². The van der Waals surface area contributed by atoms with Crippen molar-refractivity contribution in [2.45, 2.75) is 18.9 Å². The number of rotatable bonds is 2. The molecule has 1 heterocycles. The standard InChI is InChI=1S/C7H7Cl2F2N3/c1-7(12,6(10)11)3-2-4(8)13-14-5(3)9/h2,6H,12H2,1H3. The fourth-order valence-corrected chi connectivity index (χ4v) is 1.29. The molecule has 0 aliphatic rings. The summed E-state index contributed by atoms with van der Waals surface area (Å²) in [6.07, 6.45) is -2.76. The Kier molecular flexibility index (Phi) is 3.24. The second-order valence-corrected chi connectivity index (χ2v) is 3.70. The zero-order chi connectivity index (χ0) is 10.9. The van der Waals surface area contributed by atoms with Crippen molar-refractivity contribution < 1.29 is 8.78 Å². The van der Waals surface area contributed by atoms with E-state index in [4.69, 9.17) is 28.9 Å². The summed E-state index contributed by atoms with van der Waals surface area (Å²) in [4.78, 5) is 0. The van der Waals surface area contributed by atoms with Crippen LogP contribution in [0.15, 0.2) is 6.07 Å². The maximum atomic E-state index is 12.5. The van der Waals surface area contributed by atoms with Crippen LogP contribution < -0.4 is 5.73 Å². The van der Waals surface area contributed by atoms with E-state index >= 15 is 0 Å². The van der Waals surface area contributed by atoms with E-state index in [1.807, 2.05) is 0 Å². The molecule has 0 aliphatic heterocycles. The van der Waals surface area contributed by atoms with Crippen LogP contribution in [0.5, 0.6) is 0 Å². The normalized spacial score (nSPS) is 15.6. The molecule has 0 spiro atoms. The van der Waals surface area contributed by atoms with Gasteiger partial charge in [0.05, 0.1) is 0 Å². The Balaban J connectivity index is 3.24. The van der Waals surface area contributed by atoms with Crippen LogP contribution in [0.2, 0.25) is 10.3 Å². The Morgan fingerprint density at radius 3 is 2.50 bits per heavy atom. The van der Waals surface area contributed by atoms with Gasteiger partial charge in [-0.1, -0.05) is 23.2 Å². The highest BCUT2D eigenvalue weighted by atomic mass is 35.5. The maximum absolute atomic E-state index is 12.5. The van der Waals surface area contributed by atoms with Gasteiger partial charge < -0.3 is 5.73 Å². The number of hydrogen-bond donors (Lipinski definition) is 1. The number of alkyl halides is 2. The monoisotopic (exact) mass is 241 g/mol. The fourth-order valence-electron chi connectivity index (χ4n) is 0.848. The van der Waals surface area contributed by atoms with E-state index in [1.54, 1.807) is 0 Å². The first kappa shape index (κ1) is 11.6. The maximum Gasteiger partial charge on any atom is 0.260 e. The number of aromatic nitrogens is 2. The average Bonchev–Trinajstić information content (AvgIpc) is 2.08. The molecule has 0 amide bonds. The summed E-state index contributed by atoms with van der Waals surface area (Å²) in [5, 5.41) is 6.60. The van der Waals surface area contributed by atoms with Gasteiger partial charge >= 0.3 is 0 Å².